The minimum Gasteiger partial charge on any atom is -0.317 e. The molecule has 0 unspecified atom stereocenters. The molecule has 192 valence electrons. The van der Waals surface area contributed by atoms with Crippen LogP contribution < -0.4 is 5.32 Å². The first-order valence-corrected chi connectivity index (χ1v) is 10.2. The van der Waals surface area contributed by atoms with E-state index < -0.39 is 75.0 Å². The normalized spacial score (nSPS) is 11.5. The summed E-state index contributed by atoms with van der Waals surface area (Å²) in [7, 11) is 0. The summed E-state index contributed by atoms with van der Waals surface area (Å²) < 4.78 is 146. The number of alkyl halides is 3. The van der Waals surface area contributed by atoms with Crippen molar-refractivity contribution in [3.8, 4) is 11.1 Å². The Hall–Kier alpha value is -2.37. The second-order valence-corrected chi connectivity index (χ2v) is 7.17. The molecule has 1 N–H and O–H groups in total. The first kappa shape index (κ1) is 29.7. The summed E-state index contributed by atoms with van der Waals surface area (Å²) in [4.78, 5) is 0. The van der Waals surface area contributed by atoms with Crippen molar-refractivity contribution < 1.29 is 48.3 Å². The number of unbranched alkanes of at least 4 members (excludes halogenated alkanes) is 3. The van der Waals surface area contributed by atoms with Crippen LogP contribution in [0.25, 0.3) is 11.1 Å². The van der Waals surface area contributed by atoms with Gasteiger partial charge in [0.05, 0.1) is 5.56 Å². The monoisotopic (exact) mass is 509 g/mol. The molecule has 0 aliphatic carbocycles. The van der Waals surface area contributed by atoms with Gasteiger partial charge in [0.2, 0.25) is 5.82 Å². The lowest BCUT2D eigenvalue weighted by Gasteiger charge is -2.19. The van der Waals surface area contributed by atoms with Gasteiger partial charge in [-0.25, -0.2) is 35.1 Å². The molecule has 2 aromatic carbocycles. The average molecular weight is 509 g/mol. The van der Waals surface area contributed by atoms with Gasteiger partial charge < -0.3 is 5.32 Å². The van der Waals surface area contributed by atoms with Crippen LogP contribution in [0.4, 0.5) is 48.3 Å². The van der Waals surface area contributed by atoms with E-state index in [0.29, 0.717) is 6.92 Å². The molecule has 0 amide bonds. The highest BCUT2D eigenvalue weighted by atomic mass is 19.4. The van der Waals surface area contributed by atoms with Crippen LogP contribution in [-0.4, -0.2) is 13.1 Å². The van der Waals surface area contributed by atoms with Gasteiger partial charge in [-0.05, 0) is 32.0 Å². The van der Waals surface area contributed by atoms with E-state index in [9.17, 15) is 48.3 Å². The molecule has 0 bridgehead atoms. The van der Waals surface area contributed by atoms with Gasteiger partial charge in [-0.3, -0.25) is 0 Å². The van der Waals surface area contributed by atoms with Gasteiger partial charge in [-0.2, -0.15) is 13.2 Å². The lowest BCUT2D eigenvalue weighted by molar-refractivity contribution is -0.139. The number of hydrogen-bond acceptors (Lipinski definition) is 1. The Balaban J connectivity index is 0.000000546. The molecular weight excluding hydrogens is 487 g/mol. The molecule has 0 saturated carbocycles. The van der Waals surface area contributed by atoms with Gasteiger partial charge >= 0.3 is 6.18 Å². The molecule has 34 heavy (non-hydrogen) atoms. The van der Waals surface area contributed by atoms with Crippen molar-refractivity contribution in [1.29, 1.82) is 0 Å². The van der Waals surface area contributed by atoms with Crippen molar-refractivity contribution in [1.82, 2.24) is 5.32 Å². The third-order valence-corrected chi connectivity index (χ3v) is 4.76. The number of halogens is 11. The van der Waals surface area contributed by atoms with Gasteiger partial charge in [-0.1, -0.05) is 33.1 Å². The van der Waals surface area contributed by atoms with Crippen molar-refractivity contribution in [2.75, 3.05) is 13.1 Å². The first-order chi connectivity index (χ1) is 15.7. The molecule has 2 rings (SSSR count). The van der Waals surface area contributed by atoms with Gasteiger partial charge in [0.25, 0.3) is 0 Å². The van der Waals surface area contributed by atoms with Crippen LogP contribution in [0, 0.1) is 53.5 Å². The largest absolute Gasteiger partial charge is 0.419 e. The predicted octanol–water partition coefficient (Wildman–Crippen LogP) is 7.97. The van der Waals surface area contributed by atoms with Crippen molar-refractivity contribution in [2.24, 2.45) is 0 Å². The number of benzene rings is 2. The van der Waals surface area contributed by atoms with Crippen molar-refractivity contribution in [2.45, 2.75) is 52.6 Å². The Morgan fingerprint density at radius 1 is 0.588 bits per heavy atom. The molecule has 0 aromatic heterocycles. The van der Waals surface area contributed by atoms with E-state index in [1.807, 2.05) is 0 Å². The Kier molecular flexibility index (Phi) is 10.8. The summed E-state index contributed by atoms with van der Waals surface area (Å²) in [6, 6.07) is 0. The highest BCUT2D eigenvalue weighted by molar-refractivity contribution is 5.73. The summed E-state index contributed by atoms with van der Waals surface area (Å²) in [5.41, 5.74) is -8.45. The predicted molar refractivity (Wildman–Crippen MR) is 104 cm³/mol. The average Bonchev–Trinajstić information content (AvgIpc) is 2.78. The topological polar surface area (TPSA) is 12.0 Å². The maximum absolute atomic E-state index is 13.8. The number of nitrogens with one attached hydrogen (secondary N) is 1. The van der Waals surface area contributed by atoms with Crippen LogP contribution in [0.15, 0.2) is 0 Å². The maximum atomic E-state index is 13.8. The minimum atomic E-state index is -5.83. The van der Waals surface area contributed by atoms with E-state index in [0.717, 1.165) is 6.54 Å². The Labute approximate surface area is 189 Å². The van der Waals surface area contributed by atoms with E-state index in [1.54, 1.807) is 0 Å². The first-order valence-electron chi connectivity index (χ1n) is 10.2. The van der Waals surface area contributed by atoms with E-state index in [4.69, 9.17) is 0 Å². The summed E-state index contributed by atoms with van der Waals surface area (Å²) in [6.07, 6.45) is -0.359. The zero-order chi connectivity index (χ0) is 26.4. The fraction of sp³-hybridized carbons (Fsp3) is 0.455. The highest BCUT2D eigenvalue weighted by Gasteiger charge is 2.43. The van der Waals surface area contributed by atoms with Crippen LogP contribution in [-0.2, 0) is 6.18 Å². The van der Waals surface area contributed by atoms with Crippen LogP contribution in [0.1, 0.15) is 50.7 Å². The van der Waals surface area contributed by atoms with E-state index in [1.165, 1.54) is 32.2 Å². The van der Waals surface area contributed by atoms with E-state index in [2.05, 4.69) is 19.2 Å². The molecule has 0 heterocycles. The Bertz CT molecular complexity index is 965. The molecular formula is C22H22F11N. The smallest absolute Gasteiger partial charge is 0.317 e. The molecule has 1 nitrogen and oxygen atoms in total. The van der Waals surface area contributed by atoms with Gasteiger partial charge in [0, 0.05) is 5.56 Å². The fourth-order valence-corrected chi connectivity index (χ4v) is 3.03. The van der Waals surface area contributed by atoms with Gasteiger partial charge in [-0.15, -0.1) is 0 Å². The molecule has 0 spiro atoms. The molecule has 12 heteroatoms. The third-order valence-electron chi connectivity index (χ3n) is 4.76. The van der Waals surface area contributed by atoms with Gasteiger partial charge in [0.15, 0.2) is 40.7 Å². The van der Waals surface area contributed by atoms with Crippen LogP contribution in [0.3, 0.4) is 0 Å². The van der Waals surface area contributed by atoms with Crippen molar-refractivity contribution in [3.05, 3.63) is 57.7 Å². The molecule has 2 aromatic rings. The van der Waals surface area contributed by atoms with Crippen LogP contribution in [0.5, 0.6) is 0 Å². The third kappa shape index (κ3) is 6.39. The summed E-state index contributed by atoms with van der Waals surface area (Å²) in [6.45, 7) is 7.08. The lowest BCUT2D eigenvalue weighted by Crippen LogP contribution is -2.17. The Morgan fingerprint density at radius 3 is 1.50 bits per heavy atom. The summed E-state index contributed by atoms with van der Waals surface area (Å²) in [5, 5.41) is 3.31. The molecule has 0 atom stereocenters. The van der Waals surface area contributed by atoms with Crippen LogP contribution >= 0.6 is 0 Å². The standard InChI is InChI=1S/C14H3F11.C8H19N/c1-2-3(4-7(16)11(20)13(22)12(21)8(4)17)5(14(23,24)25)9(18)10(19)6(2)15;1-3-5-6-7-8-9-4-2/h1H3;9H,3-8H2,1-2H3. The van der Waals surface area contributed by atoms with E-state index in [-0.39, 0.29) is 0 Å². The van der Waals surface area contributed by atoms with Crippen molar-refractivity contribution >= 4 is 0 Å². The van der Waals surface area contributed by atoms with Crippen LogP contribution in [0.2, 0.25) is 0 Å². The summed E-state index contributed by atoms with van der Waals surface area (Å²) in [5.74, 6) is -21.2. The highest BCUT2D eigenvalue weighted by Crippen LogP contribution is 2.45. The van der Waals surface area contributed by atoms with Gasteiger partial charge in [0.1, 0.15) is 5.56 Å². The molecule has 0 fully saturated rings. The second kappa shape index (κ2) is 12.4. The van der Waals surface area contributed by atoms with Crippen molar-refractivity contribution in [3.63, 3.8) is 0 Å². The summed E-state index contributed by atoms with van der Waals surface area (Å²) >= 11 is 0. The molecule has 0 aliphatic heterocycles. The zero-order valence-electron chi connectivity index (χ0n) is 18.4. The minimum absolute atomic E-state index is 0.362. The number of hydrogen-bond donors (Lipinski definition) is 1. The Morgan fingerprint density at radius 2 is 1.06 bits per heavy atom. The lowest BCUT2D eigenvalue weighted by atomic mass is 9.92. The molecule has 0 radical (unpaired) electrons. The SMILES string of the molecule is CCCCCCNCC.Cc1c(F)c(F)c(F)c(C(F)(F)F)c1-c1c(F)c(F)c(F)c(F)c1F. The second-order valence-electron chi connectivity index (χ2n) is 7.17. The molecule has 0 saturated heterocycles. The number of rotatable bonds is 7. The maximum Gasteiger partial charge on any atom is 0.419 e. The van der Waals surface area contributed by atoms with E-state index >= 15 is 0 Å². The molecule has 0 aliphatic rings. The fourth-order valence-electron chi connectivity index (χ4n) is 3.03. The quantitative estimate of drug-likeness (QED) is 0.173. The zero-order valence-corrected chi connectivity index (χ0v) is 18.4.